The van der Waals surface area contributed by atoms with Crippen LogP contribution >= 0.6 is 0 Å². The SMILES string of the molecule is CN(C)CCCNc1cc(C(=O)NCc2ccccc2)ccn1. The fourth-order valence-electron chi connectivity index (χ4n) is 2.16. The van der Waals surface area contributed by atoms with Crippen LogP contribution in [0.2, 0.25) is 0 Å². The molecule has 0 unspecified atom stereocenters. The van der Waals surface area contributed by atoms with Crippen LogP contribution in [0.5, 0.6) is 0 Å². The van der Waals surface area contributed by atoms with Crippen molar-refractivity contribution in [3.8, 4) is 0 Å². The van der Waals surface area contributed by atoms with Gasteiger partial charge in [-0.15, -0.1) is 0 Å². The van der Waals surface area contributed by atoms with Gasteiger partial charge >= 0.3 is 0 Å². The minimum absolute atomic E-state index is 0.0902. The van der Waals surface area contributed by atoms with Crippen LogP contribution in [0.15, 0.2) is 48.7 Å². The molecule has 0 aliphatic carbocycles. The molecule has 0 bridgehead atoms. The summed E-state index contributed by atoms with van der Waals surface area (Å²) in [6, 6.07) is 13.4. The van der Waals surface area contributed by atoms with Crippen molar-refractivity contribution in [3.63, 3.8) is 0 Å². The van der Waals surface area contributed by atoms with Crippen LogP contribution in [0, 0.1) is 0 Å². The van der Waals surface area contributed by atoms with Crippen molar-refractivity contribution < 1.29 is 4.79 Å². The highest BCUT2D eigenvalue weighted by molar-refractivity contribution is 5.94. The molecule has 122 valence electrons. The van der Waals surface area contributed by atoms with E-state index < -0.39 is 0 Å². The predicted molar refractivity (Wildman–Crippen MR) is 93.5 cm³/mol. The second-order valence-electron chi connectivity index (χ2n) is 5.68. The molecule has 2 rings (SSSR count). The van der Waals surface area contributed by atoms with Crippen LogP contribution in [0.1, 0.15) is 22.3 Å². The number of rotatable bonds is 8. The molecule has 0 spiro atoms. The lowest BCUT2D eigenvalue weighted by Gasteiger charge is -2.11. The number of amides is 1. The number of anilines is 1. The molecule has 0 aliphatic rings. The first-order valence-corrected chi connectivity index (χ1v) is 7.82. The van der Waals surface area contributed by atoms with Gasteiger partial charge in [0.1, 0.15) is 5.82 Å². The Bertz CT molecular complexity index is 613. The Morgan fingerprint density at radius 3 is 2.70 bits per heavy atom. The molecule has 1 aromatic heterocycles. The summed E-state index contributed by atoms with van der Waals surface area (Å²) in [7, 11) is 4.10. The van der Waals surface area contributed by atoms with E-state index in [-0.39, 0.29) is 5.91 Å². The minimum atomic E-state index is -0.0902. The lowest BCUT2D eigenvalue weighted by Crippen LogP contribution is -2.23. The average Bonchev–Trinajstić information content (AvgIpc) is 2.57. The first-order chi connectivity index (χ1) is 11.1. The van der Waals surface area contributed by atoms with Crippen molar-refractivity contribution in [2.45, 2.75) is 13.0 Å². The van der Waals surface area contributed by atoms with Crippen LogP contribution in [-0.4, -0.2) is 43.0 Å². The van der Waals surface area contributed by atoms with Gasteiger partial charge in [0.25, 0.3) is 5.91 Å². The quantitative estimate of drug-likeness (QED) is 0.735. The molecular formula is C18H24N4O. The van der Waals surface area contributed by atoms with E-state index in [0.717, 1.165) is 30.9 Å². The summed E-state index contributed by atoms with van der Waals surface area (Å²) in [6.07, 6.45) is 2.69. The fourth-order valence-corrected chi connectivity index (χ4v) is 2.16. The molecule has 0 aliphatic heterocycles. The molecule has 5 heteroatoms. The number of nitrogens with one attached hydrogen (secondary N) is 2. The van der Waals surface area contributed by atoms with Gasteiger partial charge in [0, 0.05) is 24.8 Å². The smallest absolute Gasteiger partial charge is 0.251 e. The van der Waals surface area contributed by atoms with E-state index in [4.69, 9.17) is 0 Å². The van der Waals surface area contributed by atoms with E-state index in [0.29, 0.717) is 12.1 Å². The van der Waals surface area contributed by atoms with E-state index in [1.54, 1.807) is 18.3 Å². The minimum Gasteiger partial charge on any atom is -0.370 e. The van der Waals surface area contributed by atoms with Gasteiger partial charge in [-0.2, -0.15) is 0 Å². The summed E-state index contributed by atoms with van der Waals surface area (Å²) >= 11 is 0. The largest absolute Gasteiger partial charge is 0.370 e. The topological polar surface area (TPSA) is 57.3 Å². The molecule has 1 amide bonds. The molecule has 5 nitrogen and oxygen atoms in total. The van der Waals surface area contributed by atoms with Crippen LogP contribution in [0.3, 0.4) is 0 Å². The van der Waals surface area contributed by atoms with Gasteiger partial charge < -0.3 is 15.5 Å². The molecule has 0 saturated carbocycles. The van der Waals surface area contributed by atoms with Crippen molar-refractivity contribution in [2.75, 3.05) is 32.5 Å². The molecule has 0 fully saturated rings. The summed E-state index contributed by atoms with van der Waals surface area (Å²) in [5.74, 6) is 0.642. The number of aromatic nitrogens is 1. The van der Waals surface area contributed by atoms with Gasteiger partial charge in [-0.05, 0) is 44.8 Å². The van der Waals surface area contributed by atoms with Crippen LogP contribution in [-0.2, 0) is 6.54 Å². The summed E-state index contributed by atoms with van der Waals surface area (Å²) in [5.41, 5.74) is 1.70. The van der Waals surface area contributed by atoms with Crippen molar-refractivity contribution in [1.82, 2.24) is 15.2 Å². The molecule has 23 heavy (non-hydrogen) atoms. The van der Waals surface area contributed by atoms with E-state index in [9.17, 15) is 4.79 Å². The highest BCUT2D eigenvalue weighted by Crippen LogP contribution is 2.07. The zero-order valence-electron chi connectivity index (χ0n) is 13.7. The summed E-state index contributed by atoms with van der Waals surface area (Å²) in [4.78, 5) is 18.6. The van der Waals surface area contributed by atoms with E-state index >= 15 is 0 Å². The Morgan fingerprint density at radius 1 is 1.17 bits per heavy atom. The van der Waals surface area contributed by atoms with Crippen molar-refractivity contribution in [2.24, 2.45) is 0 Å². The number of benzene rings is 1. The van der Waals surface area contributed by atoms with Crippen molar-refractivity contribution in [1.29, 1.82) is 0 Å². The van der Waals surface area contributed by atoms with Crippen LogP contribution in [0.25, 0.3) is 0 Å². The molecule has 0 atom stereocenters. The molecule has 2 aromatic rings. The zero-order chi connectivity index (χ0) is 16.5. The van der Waals surface area contributed by atoms with Gasteiger partial charge in [0.05, 0.1) is 0 Å². The number of carbonyl (C=O) groups excluding carboxylic acids is 1. The van der Waals surface area contributed by atoms with E-state index in [2.05, 4.69) is 34.6 Å². The van der Waals surface area contributed by atoms with Gasteiger partial charge in [-0.3, -0.25) is 4.79 Å². The highest BCUT2D eigenvalue weighted by Gasteiger charge is 2.06. The molecule has 0 radical (unpaired) electrons. The lowest BCUT2D eigenvalue weighted by atomic mass is 10.2. The fraction of sp³-hybridized carbons (Fsp3) is 0.333. The van der Waals surface area contributed by atoms with Gasteiger partial charge in [0.15, 0.2) is 0 Å². The second-order valence-corrected chi connectivity index (χ2v) is 5.68. The number of hydrogen-bond donors (Lipinski definition) is 2. The Kier molecular flexibility index (Phi) is 6.56. The third kappa shape index (κ3) is 6.08. The Balaban J connectivity index is 1.84. The third-order valence-electron chi connectivity index (χ3n) is 3.41. The normalized spacial score (nSPS) is 10.6. The molecular weight excluding hydrogens is 288 g/mol. The van der Waals surface area contributed by atoms with E-state index in [1.807, 2.05) is 30.3 Å². The van der Waals surface area contributed by atoms with Gasteiger partial charge in [-0.1, -0.05) is 30.3 Å². The second kappa shape index (κ2) is 8.90. The number of carbonyl (C=O) groups is 1. The van der Waals surface area contributed by atoms with Crippen molar-refractivity contribution in [3.05, 3.63) is 59.8 Å². The van der Waals surface area contributed by atoms with Crippen LogP contribution in [0.4, 0.5) is 5.82 Å². The summed E-state index contributed by atoms with van der Waals surface area (Å²) < 4.78 is 0. The number of pyridine rings is 1. The summed E-state index contributed by atoms with van der Waals surface area (Å²) in [6.45, 7) is 2.37. The summed E-state index contributed by atoms with van der Waals surface area (Å²) in [5, 5.41) is 6.17. The highest BCUT2D eigenvalue weighted by atomic mass is 16.1. The maximum absolute atomic E-state index is 12.2. The number of hydrogen-bond acceptors (Lipinski definition) is 4. The Labute approximate surface area is 137 Å². The molecule has 0 saturated heterocycles. The number of nitrogens with zero attached hydrogens (tertiary/aromatic N) is 2. The van der Waals surface area contributed by atoms with Crippen molar-refractivity contribution >= 4 is 11.7 Å². The zero-order valence-corrected chi connectivity index (χ0v) is 13.7. The average molecular weight is 312 g/mol. The van der Waals surface area contributed by atoms with Gasteiger partial charge in [-0.25, -0.2) is 4.98 Å². The third-order valence-corrected chi connectivity index (χ3v) is 3.41. The molecule has 1 heterocycles. The predicted octanol–water partition coefficient (Wildman–Crippen LogP) is 2.38. The lowest BCUT2D eigenvalue weighted by molar-refractivity contribution is 0.0951. The maximum Gasteiger partial charge on any atom is 0.251 e. The first-order valence-electron chi connectivity index (χ1n) is 7.82. The first kappa shape index (κ1) is 17.0. The molecule has 1 aromatic carbocycles. The van der Waals surface area contributed by atoms with Crippen LogP contribution < -0.4 is 10.6 Å². The maximum atomic E-state index is 12.2. The Hall–Kier alpha value is -2.40. The standard InChI is InChI=1S/C18H24N4O/c1-22(2)12-6-10-19-17-13-16(9-11-20-17)18(23)21-14-15-7-4-3-5-8-15/h3-5,7-9,11,13H,6,10,12,14H2,1-2H3,(H,19,20)(H,21,23). The Morgan fingerprint density at radius 2 is 1.96 bits per heavy atom. The van der Waals surface area contributed by atoms with Gasteiger partial charge in [0.2, 0.25) is 0 Å². The molecule has 2 N–H and O–H groups in total. The van der Waals surface area contributed by atoms with E-state index in [1.165, 1.54) is 0 Å². The monoisotopic (exact) mass is 312 g/mol.